The minimum absolute atomic E-state index is 0.558. The summed E-state index contributed by atoms with van der Waals surface area (Å²) in [7, 11) is 1.50. The van der Waals surface area contributed by atoms with Gasteiger partial charge in [0.1, 0.15) is 0 Å². The van der Waals surface area contributed by atoms with Gasteiger partial charge in [0.15, 0.2) is 0 Å². The molecule has 0 aliphatic rings. The molecule has 0 aliphatic heterocycles. The van der Waals surface area contributed by atoms with Crippen LogP contribution < -0.4 is 5.73 Å². The van der Waals surface area contributed by atoms with Crippen molar-refractivity contribution in [1.82, 2.24) is 0 Å². The lowest BCUT2D eigenvalue weighted by atomic mass is 10.5. The van der Waals surface area contributed by atoms with E-state index in [9.17, 15) is 9.59 Å². The Bertz CT molecular complexity index is 125. The molecular formula is C5H9NO4. The monoisotopic (exact) mass is 147 g/mol. The average molecular weight is 147 g/mol. The summed E-state index contributed by atoms with van der Waals surface area (Å²) >= 11 is 0. The molecule has 0 saturated heterocycles. The molecule has 5 nitrogen and oxygen atoms in total. The lowest BCUT2D eigenvalue weighted by Gasteiger charge is -1.74. The molecule has 0 radical (unpaired) electrons. The van der Waals surface area contributed by atoms with Crippen molar-refractivity contribution in [3.8, 4) is 0 Å². The van der Waals surface area contributed by atoms with Gasteiger partial charge < -0.3 is 15.9 Å². The van der Waals surface area contributed by atoms with Crippen LogP contribution in [0.15, 0.2) is 12.2 Å². The lowest BCUT2D eigenvalue weighted by Crippen LogP contribution is -1.91. The van der Waals surface area contributed by atoms with Crippen LogP contribution in [0.25, 0.3) is 0 Å². The molecule has 58 valence electrons. The Morgan fingerprint density at radius 3 is 1.40 bits per heavy atom. The zero-order chi connectivity index (χ0) is 8.57. The molecule has 0 amide bonds. The molecule has 4 N–H and O–H groups in total. The first-order chi connectivity index (χ1) is 4.63. The number of carboxylic acid groups (broad SMARTS) is 2. The fourth-order valence-corrected chi connectivity index (χ4v) is 0.143. The van der Waals surface area contributed by atoms with E-state index in [0.717, 1.165) is 0 Å². The SMILES string of the molecule is CN.O=C(O)/C=C/C(=O)O. The molecule has 0 bridgehead atoms. The number of carboxylic acids is 2. The molecule has 0 unspecified atom stereocenters. The predicted molar refractivity (Wildman–Crippen MR) is 34.5 cm³/mol. The van der Waals surface area contributed by atoms with Gasteiger partial charge in [-0.05, 0) is 7.05 Å². The van der Waals surface area contributed by atoms with Crippen LogP contribution in [0.4, 0.5) is 0 Å². The number of hydrogen-bond acceptors (Lipinski definition) is 3. The predicted octanol–water partition coefficient (Wildman–Crippen LogP) is -0.713. The van der Waals surface area contributed by atoms with E-state index in [1.54, 1.807) is 0 Å². The molecule has 0 aliphatic carbocycles. The maximum atomic E-state index is 9.55. The largest absolute Gasteiger partial charge is 0.478 e. The summed E-state index contributed by atoms with van der Waals surface area (Å²) in [5.41, 5.74) is 4.50. The molecule has 0 rings (SSSR count). The van der Waals surface area contributed by atoms with Crippen LogP contribution in [-0.4, -0.2) is 29.2 Å². The number of hydrogen-bond donors (Lipinski definition) is 3. The van der Waals surface area contributed by atoms with E-state index in [0.29, 0.717) is 12.2 Å². The summed E-state index contributed by atoms with van der Waals surface area (Å²) in [4.78, 5) is 19.1. The first kappa shape index (κ1) is 11.4. The van der Waals surface area contributed by atoms with Crippen LogP contribution in [0.2, 0.25) is 0 Å². The number of rotatable bonds is 2. The molecule has 5 heteroatoms. The van der Waals surface area contributed by atoms with Gasteiger partial charge in [0.25, 0.3) is 0 Å². The zero-order valence-electron chi connectivity index (χ0n) is 5.44. The molecule has 0 spiro atoms. The third-order valence-electron chi connectivity index (χ3n) is 0.368. The quantitative estimate of drug-likeness (QED) is 0.448. The van der Waals surface area contributed by atoms with Crippen molar-refractivity contribution in [3.63, 3.8) is 0 Å². The first-order valence-electron chi connectivity index (χ1n) is 2.34. The van der Waals surface area contributed by atoms with Gasteiger partial charge in [0.05, 0.1) is 0 Å². The zero-order valence-corrected chi connectivity index (χ0v) is 5.44. The van der Waals surface area contributed by atoms with Crippen molar-refractivity contribution in [3.05, 3.63) is 12.2 Å². The highest BCUT2D eigenvalue weighted by Crippen LogP contribution is 1.70. The summed E-state index contributed by atoms with van der Waals surface area (Å²) in [5, 5.41) is 15.6. The Hall–Kier alpha value is -1.36. The second-order valence-corrected chi connectivity index (χ2v) is 1.01. The molecule has 0 saturated carbocycles. The van der Waals surface area contributed by atoms with E-state index in [-0.39, 0.29) is 0 Å². The molecule has 0 aromatic rings. The second kappa shape index (κ2) is 7.64. The Kier molecular flexibility index (Phi) is 8.74. The van der Waals surface area contributed by atoms with Crippen molar-refractivity contribution in [2.75, 3.05) is 7.05 Å². The van der Waals surface area contributed by atoms with Gasteiger partial charge in [0, 0.05) is 12.2 Å². The molecular weight excluding hydrogens is 138 g/mol. The molecule has 0 atom stereocenters. The second-order valence-electron chi connectivity index (χ2n) is 1.01. The van der Waals surface area contributed by atoms with Crippen molar-refractivity contribution < 1.29 is 19.8 Å². The fraction of sp³-hybridized carbons (Fsp3) is 0.200. The third-order valence-corrected chi connectivity index (χ3v) is 0.368. The van der Waals surface area contributed by atoms with Crippen molar-refractivity contribution in [2.24, 2.45) is 5.73 Å². The van der Waals surface area contributed by atoms with Gasteiger partial charge in [0.2, 0.25) is 0 Å². The topological polar surface area (TPSA) is 101 Å². The van der Waals surface area contributed by atoms with E-state index in [4.69, 9.17) is 10.2 Å². The van der Waals surface area contributed by atoms with E-state index in [2.05, 4.69) is 5.73 Å². The number of aliphatic carboxylic acids is 2. The minimum atomic E-state index is -1.26. The molecule has 0 heterocycles. The average Bonchev–Trinajstić information content (AvgIpc) is 1.89. The first-order valence-corrected chi connectivity index (χ1v) is 2.34. The Morgan fingerprint density at radius 2 is 1.30 bits per heavy atom. The van der Waals surface area contributed by atoms with Crippen LogP contribution in [0.5, 0.6) is 0 Å². The maximum Gasteiger partial charge on any atom is 0.328 e. The fourth-order valence-electron chi connectivity index (χ4n) is 0.143. The molecule has 0 aromatic carbocycles. The lowest BCUT2D eigenvalue weighted by molar-refractivity contribution is -0.134. The highest BCUT2D eigenvalue weighted by atomic mass is 16.4. The number of carbonyl (C=O) groups is 2. The van der Waals surface area contributed by atoms with Gasteiger partial charge in [-0.3, -0.25) is 0 Å². The Balaban J connectivity index is 0. The van der Waals surface area contributed by atoms with Crippen molar-refractivity contribution in [2.45, 2.75) is 0 Å². The number of nitrogens with two attached hydrogens (primary N) is 1. The highest BCUT2D eigenvalue weighted by Gasteiger charge is 1.88. The van der Waals surface area contributed by atoms with E-state index >= 15 is 0 Å². The summed E-state index contributed by atoms with van der Waals surface area (Å²) < 4.78 is 0. The van der Waals surface area contributed by atoms with Gasteiger partial charge in [-0.15, -0.1) is 0 Å². The Morgan fingerprint density at radius 1 is 1.10 bits per heavy atom. The van der Waals surface area contributed by atoms with Gasteiger partial charge in [-0.1, -0.05) is 0 Å². The van der Waals surface area contributed by atoms with Gasteiger partial charge >= 0.3 is 11.9 Å². The minimum Gasteiger partial charge on any atom is -0.478 e. The normalized spacial score (nSPS) is 8.20. The van der Waals surface area contributed by atoms with Crippen molar-refractivity contribution in [1.29, 1.82) is 0 Å². The summed E-state index contributed by atoms with van der Waals surface area (Å²) in [6.07, 6.45) is 1.12. The summed E-state index contributed by atoms with van der Waals surface area (Å²) in [6.45, 7) is 0. The van der Waals surface area contributed by atoms with Gasteiger partial charge in [-0.2, -0.15) is 0 Å². The Labute approximate surface area is 57.8 Å². The summed E-state index contributed by atoms with van der Waals surface area (Å²) in [6, 6.07) is 0. The smallest absolute Gasteiger partial charge is 0.328 e. The van der Waals surface area contributed by atoms with Crippen LogP contribution in [-0.2, 0) is 9.59 Å². The van der Waals surface area contributed by atoms with Crippen LogP contribution in [0.3, 0.4) is 0 Å². The molecule has 10 heavy (non-hydrogen) atoms. The van der Waals surface area contributed by atoms with Crippen LogP contribution in [0, 0.1) is 0 Å². The maximum absolute atomic E-state index is 9.55. The van der Waals surface area contributed by atoms with Gasteiger partial charge in [-0.25, -0.2) is 9.59 Å². The third kappa shape index (κ3) is 15.9. The highest BCUT2D eigenvalue weighted by molar-refractivity contribution is 5.89. The van der Waals surface area contributed by atoms with Crippen LogP contribution >= 0.6 is 0 Å². The molecule has 0 aromatic heterocycles. The van der Waals surface area contributed by atoms with Crippen LogP contribution in [0.1, 0.15) is 0 Å². The van der Waals surface area contributed by atoms with E-state index in [1.165, 1.54) is 7.05 Å². The van der Waals surface area contributed by atoms with E-state index < -0.39 is 11.9 Å². The standard InChI is InChI=1S/C4H4O4.CH5N/c5-3(6)1-2-4(7)8;1-2/h1-2H,(H,5,6)(H,7,8);2H2,1H3/b2-1+;. The summed E-state index contributed by atoms with van der Waals surface area (Å²) in [5.74, 6) is -2.51. The van der Waals surface area contributed by atoms with E-state index in [1.807, 2.05) is 0 Å². The van der Waals surface area contributed by atoms with Crippen molar-refractivity contribution >= 4 is 11.9 Å². The molecule has 0 fully saturated rings.